The van der Waals surface area contributed by atoms with E-state index in [9.17, 15) is 22.0 Å². The Labute approximate surface area is 145 Å². The lowest BCUT2D eigenvalue weighted by Gasteiger charge is -2.22. The minimum Gasteiger partial charge on any atom is -0.319 e. The third-order valence-electron chi connectivity index (χ3n) is 3.58. The summed E-state index contributed by atoms with van der Waals surface area (Å²) in [4.78, 5) is 12.2. The lowest BCUT2D eigenvalue weighted by atomic mass is 10.2. The number of hydrogen-bond acceptors (Lipinski definition) is 3. The van der Waals surface area contributed by atoms with Crippen molar-refractivity contribution in [2.75, 3.05) is 21.9 Å². The Kier molecular flexibility index (Phi) is 5.73. The minimum atomic E-state index is -3.41. The third kappa shape index (κ3) is 4.33. The summed E-state index contributed by atoms with van der Waals surface area (Å²) in [7, 11) is -3.41. The van der Waals surface area contributed by atoms with Crippen molar-refractivity contribution in [1.82, 2.24) is 0 Å². The molecule has 0 fully saturated rings. The molecule has 0 bridgehead atoms. The second-order valence-electron chi connectivity index (χ2n) is 5.19. The van der Waals surface area contributed by atoms with Crippen molar-refractivity contribution in [2.24, 2.45) is 0 Å². The molecule has 0 heterocycles. The van der Waals surface area contributed by atoms with Crippen LogP contribution in [0.15, 0.2) is 42.5 Å². The number of hydrogen-bond donors (Lipinski definition) is 1. The second-order valence-corrected chi connectivity index (χ2v) is 7.37. The molecule has 1 N–H and O–H groups in total. The normalized spacial score (nSPS) is 11.2. The van der Waals surface area contributed by atoms with Crippen LogP contribution >= 0.6 is 0 Å². The standard InChI is InChI=1S/C17H18F2N2O3S/c1-3-21(25(23,24)4-2)14-8-5-12(6-9-14)17(22)20-16-10-7-13(18)11-15(16)19/h5-11H,3-4H2,1-2H3,(H,20,22). The Hall–Kier alpha value is -2.48. The molecular weight excluding hydrogens is 350 g/mol. The van der Waals surface area contributed by atoms with E-state index in [1.165, 1.54) is 28.6 Å². The molecule has 0 spiro atoms. The molecule has 2 aromatic rings. The Balaban J connectivity index is 2.20. The highest BCUT2D eigenvalue weighted by Gasteiger charge is 2.19. The van der Waals surface area contributed by atoms with Crippen molar-refractivity contribution in [3.8, 4) is 0 Å². The van der Waals surface area contributed by atoms with Gasteiger partial charge in [-0.05, 0) is 50.2 Å². The van der Waals surface area contributed by atoms with Crippen LogP contribution in [0.4, 0.5) is 20.2 Å². The highest BCUT2D eigenvalue weighted by atomic mass is 32.2. The van der Waals surface area contributed by atoms with Crippen LogP contribution in [0.1, 0.15) is 24.2 Å². The van der Waals surface area contributed by atoms with E-state index in [1.807, 2.05) is 0 Å². The van der Waals surface area contributed by atoms with Crippen LogP contribution in [-0.2, 0) is 10.0 Å². The van der Waals surface area contributed by atoms with Crippen LogP contribution in [0, 0.1) is 11.6 Å². The van der Waals surface area contributed by atoms with Gasteiger partial charge in [-0.3, -0.25) is 9.10 Å². The molecule has 5 nitrogen and oxygen atoms in total. The highest BCUT2D eigenvalue weighted by molar-refractivity contribution is 7.92. The van der Waals surface area contributed by atoms with Gasteiger partial charge in [0.2, 0.25) is 10.0 Å². The predicted octanol–water partition coefficient (Wildman–Crippen LogP) is 3.39. The van der Waals surface area contributed by atoms with Crippen LogP contribution in [0.25, 0.3) is 0 Å². The van der Waals surface area contributed by atoms with Crippen molar-refractivity contribution < 1.29 is 22.0 Å². The van der Waals surface area contributed by atoms with Gasteiger partial charge in [0.05, 0.1) is 17.1 Å². The summed E-state index contributed by atoms with van der Waals surface area (Å²) in [5.74, 6) is -2.24. The van der Waals surface area contributed by atoms with Gasteiger partial charge in [0.25, 0.3) is 5.91 Å². The Morgan fingerprint density at radius 3 is 2.24 bits per heavy atom. The van der Waals surface area contributed by atoms with Crippen molar-refractivity contribution in [2.45, 2.75) is 13.8 Å². The van der Waals surface area contributed by atoms with Crippen molar-refractivity contribution >= 4 is 27.3 Å². The summed E-state index contributed by atoms with van der Waals surface area (Å²) in [6.45, 7) is 3.53. The van der Waals surface area contributed by atoms with E-state index in [0.29, 0.717) is 11.8 Å². The van der Waals surface area contributed by atoms with E-state index < -0.39 is 27.6 Å². The number of rotatable bonds is 6. The summed E-state index contributed by atoms with van der Waals surface area (Å²) in [5.41, 5.74) is 0.519. The first-order valence-corrected chi connectivity index (χ1v) is 9.26. The fraction of sp³-hybridized carbons (Fsp3) is 0.235. The van der Waals surface area contributed by atoms with Crippen LogP contribution in [-0.4, -0.2) is 26.6 Å². The number of benzene rings is 2. The lowest BCUT2D eigenvalue weighted by molar-refractivity contribution is 0.102. The molecule has 0 saturated carbocycles. The Morgan fingerprint density at radius 2 is 1.72 bits per heavy atom. The topological polar surface area (TPSA) is 66.5 Å². The van der Waals surface area contributed by atoms with Gasteiger partial charge in [0, 0.05) is 18.2 Å². The number of carbonyl (C=O) groups is 1. The molecule has 0 aliphatic carbocycles. The first kappa shape index (κ1) is 18.9. The first-order chi connectivity index (χ1) is 11.8. The molecule has 25 heavy (non-hydrogen) atoms. The average Bonchev–Trinajstić information content (AvgIpc) is 2.58. The van der Waals surface area contributed by atoms with Crippen LogP contribution < -0.4 is 9.62 Å². The van der Waals surface area contributed by atoms with Crippen LogP contribution in [0.5, 0.6) is 0 Å². The van der Waals surface area contributed by atoms with Crippen molar-refractivity contribution in [3.05, 3.63) is 59.7 Å². The summed E-state index contributed by atoms with van der Waals surface area (Å²) in [6.07, 6.45) is 0. The van der Waals surface area contributed by atoms with Crippen molar-refractivity contribution in [1.29, 1.82) is 0 Å². The third-order valence-corrected chi connectivity index (χ3v) is 5.45. The molecule has 0 aliphatic heterocycles. The molecule has 0 aromatic heterocycles. The molecule has 0 saturated heterocycles. The number of amides is 1. The summed E-state index contributed by atoms with van der Waals surface area (Å²) < 4.78 is 51.8. The second kappa shape index (κ2) is 7.60. The van der Waals surface area contributed by atoms with Gasteiger partial charge in [-0.15, -0.1) is 0 Å². The molecule has 8 heteroatoms. The van der Waals surface area contributed by atoms with Gasteiger partial charge in [-0.25, -0.2) is 17.2 Å². The zero-order valence-electron chi connectivity index (χ0n) is 13.8. The maximum Gasteiger partial charge on any atom is 0.255 e. The zero-order chi connectivity index (χ0) is 18.6. The van der Waals surface area contributed by atoms with Gasteiger partial charge in [0.15, 0.2) is 0 Å². The number of halogens is 2. The Bertz CT molecular complexity index is 868. The van der Waals surface area contributed by atoms with Crippen LogP contribution in [0.2, 0.25) is 0 Å². The number of sulfonamides is 1. The summed E-state index contributed by atoms with van der Waals surface area (Å²) in [5, 5.41) is 2.35. The van der Waals surface area contributed by atoms with Crippen LogP contribution in [0.3, 0.4) is 0 Å². The van der Waals surface area contributed by atoms with E-state index in [-0.39, 0.29) is 23.5 Å². The van der Waals surface area contributed by atoms with E-state index in [4.69, 9.17) is 0 Å². The number of nitrogens with one attached hydrogen (secondary N) is 1. The summed E-state index contributed by atoms with van der Waals surface area (Å²) >= 11 is 0. The fourth-order valence-electron chi connectivity index (χ4n) is 2.26. The molecule has 0 atom stereocenters. The number of nitrogens with zero attached hydrogens (tertiary/aromatic N) is 1. The molecule has 134 valence electrons. The number of carbonyl (C=O) groups excluding carboxylic acids is 1. The molecule has 1 amide bonds. The lowest BCUT2D eigenvalue weighted by Crippen LogP contribution is -2.32. The highest BCUT2D eigenvalue weighted by Crippen LogP contribution is 2.20. The molecule has 2 aromatic carbocycles. The fourth-order valence-corrected chi connectivity index (χ4v) is 3.41. The average molecular weight is 368 g/mol. The molecule has 0 radical (unpaired) electrons. The Morgan fingerprint density at radius 1 is 1.08 bits per heavy atom. The van der Waals surface area contributed by atoms with E-state index in [2.05, 4.69) is 5.32 Å². The van der Waals surface area contributed by atoms with E-state index in [0.717, 1.165) is 12.1 Å². The smallest absolute Gasteiger partial charge is 0.255 e. The largest absolute Gasteiger partial charge is 0.319 e. The molecule has 2 rings (SSSR count). The summed E-state index contributed by atoms with van der Waals surface area (Å²) in [6, 6.07) is 8.74. The zero-order valence-corrected chi connectivity index (χ0v) is 14.6. The quantitative estimate of drug-likeness (QED) is 0.850. The SMILES string of the molecule is CCN(c1ccc(C(=O)Nc2ccc(F)cc2F)cc1)S(=O)(=O)CC. The maximum absolute atomic E-state index is 13.6. The number of anilines is 2. The maximum atomic E-state index is 13.6. The van der Waals surface area contributed by atoms with Gasteiger partial charge < -0.3 is 5.32 Å². The van der Waals surface area contributed by atoms with E-state index >= 15 is 0 Å². The monoisotopic (exact) mass is 368 g/mol. The van der Waals surface area contributed by atoms with Gasteiger partial charge in [-0.1, -0.05) is 0 Å². The first-order valence-electron chi connectivity index (χ1n) is 7.65. The minimum absolute atomic E-state index is 0.0348. The molecule has 0 unspecified atom stereocenters. The van der Waals surface area contributed by atoms with Crippen molar-refractivity contribution in [3.63, 3.8) is 0 Å². The molecular formula is C17H18F2N2O3S. The van der Waals surface area contributed by atoms with Gasteiger partial charge in [0.1, 0.15) is 11.6 Å². The van der Waals surface area contributed by atoms with E-state index in [1.54, 1.807) is 13.8 Å². The molecule has 0 aliphatic rings. The van der Waals surface area contributed by atoms with Gasteiger partial charge in [-0.2, -0.15) is 0 Å². The van der Waals surface area contributed by atoms with Gasteiger partial charge >= 0.3 is 0 Å². The predicted molar refractivity (Wildman–Crippen MR) is 93.2 cm³/mol.